The molecule has 2 saturated heterocycles. The third-order valence-corrected chi connectivity index (χ3v) is 18.5. The molecule has 234 valence electrons. The Balaban J connectivity index is 1.19. The molecule has 0 spiro atoms. The van der Waals surface area contributed by atoms with Gasteiger partial charge in [-0.1, -0.05) is 21.5 Å². The molecule has 3 heterocycles. The van der Waals surface area contributed by atoms with Crippen LogP contribution in [0.1, 0.15) is 50.7 Å². The fourth-order valence-corrected chi connectivity index (χ4v) is 13.6. The number of benzene rings is 2. The smallest absolute Gasteiger partial charge is 0.217 e. The summed E-state index contributed by atoms with van der Waals surface area (Å²) >= 11 is 2.59. The van der Waals surface area contributed by atoms with E-state index in [4.69, 9.17) is 4.99 Å². The summed E-state index contributed by atoms with van der Waals surface area (Å²) in [5, 5.41) is 0.775. The lowest BCUT2D eigenvalue weighted by atomic mass is 10.1. The normalized spacial score (nSPS) is 23.6. The van der Waals surface area contributed by atoms with Crippen molar-refractivity contribution in [3.63, 3.8) is 0 Å². The lowest BCUT2D eigenvalue weighted by Crippen LogP contribution is -2.49. The van der Waals surface area contributed by atoms with Gasteiger partial charge in [0.1, 0.15) is 0 Å². The summed E-state index contributed by atoms with van der Waals surface area (Å²) in [6.45, 7) is 9.32. The van der Waals surface area contributed by atoms with Crippen molar-refractivity contribution in [1.29, 1.82) is 0 Å². The van der Waals surface area contributed by atoms with Crippen LogP contribution in [0.15, 0.2) is 34.2 Å². The second kappa shape index (κ2) is 11.5. The lowest BCUT2D eigenvalue weighted by molar-refractivity contribution is 0.384. The first-order valence-corrected chi connectivity index (χ1v) is 22.3. The Labute approximate surface area is 269 Å². The molecule has 7 rings (SSSR count). The summed E-state index contributed by atoms with van der Waals surface area (Å²) in [5.74, 6) is 0. The van der Waals surface area contributed by atoms with Crippen molar-refractivity contribution < 1.29 is 16.8 Å². The maximum Gasteiger partial charge on any atom is 0.217 e. The summed E-state index contributed by atoms with van der Waals surface area (Å²) in [6, 6.07) is 9.12. The van der Waals surface area contributed by atoms with Gasteiger partial charge in [-0.15, -0.1) is 0 Å². The van der Waals surface area contributed by atoms with Crippen LogP contribution in [0.25, 0.3) is 0 Å². The Morgan fingerprint density at radius 2 is 1.19 bits per heavy atom. The van der Waals surface area contributed by atoms with Crippen molar-refractivity contribution in [2.45, 2.75) is 67.8 Å². The van der Waals surface area contributed by atoms with Gasteiger partial charge in [0.05, 0.1) is 21.5 Å². The van der Waals surface area contributed by atoms with Gasteiger partial charge in [0.15, 0.2) is 0 Å². The number of sulfonamides is 2. The van der Waals surface area contributed by atoms with Crippen molar-refractivity contribution in [3.8, 4) is 0 Å². The van der Waals surface area contributed by atoms with Gasteiger partial charge < -0.3 is 9.80 Å². The van der Waals surface area contributed by atoms with Gasteiger partial charge in [0.2, 0.25) is 20.0 Å². The topological polar surface area (TPSA) is 93.6 Å². The zero-order valence-electron chi connectivity index (χ0n) is 24.8. The van der Waals surface area contributed by atoms with E-state index in [0.717, 1.165) is 60.9 Å². The summed E-state index contributed by atoms with van der Waals surface area (Å²) in [7, 11) is -6.50. The van der Waals surface area contributed by atoms with Crippen LogP contribution in [0.2, 0.25) is 0 Å². The molecule has 2 aliphatic carbocycles. The molecular formula is C30H40IN5O4S3. The number of halogens is 1. The molecule has 0 bridgehead atoms. The minimum absolute atomic E-state index is 0.158. The van der Waals surface area contributed by atoms with Crippen LogP contribution < -0.4 is 15.2 Å². The molecule has 0 aromatic heterocycles. The number of piperazine rings is 2. The Morgan fingerprint density at radius 1 is 0.721 bits per heavy atom. The summed E-state index contributed by atoms with van der Waals surface area (Å²) in [4.78, 5) is 11.2. The molecule has 3 aliphatic heterocycles. The van der Waals surface area contributed by atoms with E-state index in [1.807, 2.05) is 0 Å². The molecule has 5 aliphatic rings. The van der Waals surface area contributed by atoms with Crippen LogP contribution in [0.5, 0.6) is 0 Å². The highest BCUT2D eigenvalue weighted by Gasteiger charge is 2.42. The van der Waals surface area contributed by atoms with Crippen molar-refractivity contribution in [1.82, 2.24) is 8.61 Å². The third-order valence-electron chi connectivity index (χ3n) is 9.47. The second-order valence-electron chi connectivity index (χ2n) is 12.2. The molecular weight excluding hydrogens is 717 g/mol. The van der Waals surface area contributed by atoms with Crippen LogP contribution >= 0.6 is 28.9 Å². The first-order chi connectivity index (χ1) is 20.6. The van der Waals surface area contributed by atoms with E-state index >= 15 is 0 Å². The molecule has 0 N–H and O–H groups in total. The minimum Gasteiger partial charge on any atom is -0.369 e. The molecule has 0 amide bonds. The first-order valence-electron chi connectivity index (χ1n) is 15.6. The molecule has 2 saturated carbocycles. The highest BCUT2D eigenvalue weighted by molar-refractivity contribution is 14.2. The average Bonchev–Trinajstić information content (AvgIpc) is 3.93. The molecule has 0 radical (unpaired) electrons. The number of hydrogen-bond acceptors (Lipinski definition) is 7. The fourth-order valence-electron chi connectivity index (χ4n) is 6.52. The van der Waals surface area contributed by atoms with E-state index in [0.29, 0.717) is 52.4 Å². The van der Waals surface area contributed by atoms with Gasteiger partial charge in [-0.05, 0) is 95.1 Å². The lowest BCUT2D eigenvalue weighted by Gasteiger charge is -2.36. The Hall–Kier alpha value is -1.26. The maximum absolute atomic E-state index is 12.8. The Morgan fingerprint density at radius 3 is 1.65 bits per heavy atom. The fraction of sp³-hybridized carbons (Fsp3) is 0.600. The summed E-state index contributed by atoms with van der Waals surface area (Å²) < 4.78 is 55.8. The van der Waals surface area contributed by atoms with Crippen LogP contribution in [0.3, 0.4) is 0 Å². The Kier molecular flexibility index (Phi) is 8.14. The molecule has 43 heavy (non-hydrogen) atoms. The quantitative estimate of drug-likeness (QED) is 0.296. The van der Waals surface area contributed by atoms with E-state index in [2.05, 4.69) is 69.1 Å². The van der Waals surface area contributed by atoms with Crippen molar-refractivity contribution >= 4 is 66.0 Å². The standard InChI is InChI=1S/C30H40IN5O4S3/c1-3-21-17-23(33-9-13-35(14-10-33)42(37,38)25-5-6-25)19-27-29(21)32-30-22(4-2)18-24(20-28(30)41(27)31)34-11-15-36(16-12-34)43(39,40)26-7-8-26/h17-20,25-26H,3-16H2,1-2H3. The monoisotopic (exact) mass is 757 g/mol. The minimum atomic E-state index is -3.14. The van der Waals surface area contributed by atoms with Crippen LogP contribution in [0, 0.1) is 4.51 Å². The highest BCUT2D eigenvalue weighted by Crippen LogP contribution is 2.48. The number of fused-ring (bicyclic) bond motifs is 2. The molecule has 1 unspecified atom stereocenters. The number of hydrogen-bond donors (Lipinski definition) is 0. The molecule has 2 aromatic rings. The summed E-state index contributed by atoms with van der Waals surface area (Å²) in [5.41, 5.74) is 5.88. The van der Waals surface area contributed by atoms with Gasteiger partial charge in [-0.25, -0.2) is 21.8 Å². The van der Waals surface area contributed by atoms with Crippen LogP contribution in [0.4, 0.5) is 17.1 Å². The number of anilines is 2. The molecule has 4 fully saturated rings. The van der Waals surface area contributed by atoms with Crippen molar-refractivity contribution in [3.05, 3.63) is 45.3 Å². The predicted molar refractivity (Wildman–Crippen MR) is 183 cm³/mol. The van der Waals surface area contributed by atoms with Gasteiger partial charge in [-0.2, -0.15) is 8.61 Å². The molecule has 1 atom stereocenters. The largest absolute Gasteiger partial charge is 0.369 e. The molecule has 13 heteroatoms. The zero-order chi connectivity index (χ0) is 30.1. The molecule has 2 aromatic carbocycles. The predicted octanol–water partition coefficient (Wildman–Crippen LogP) is 4.23. The Bertz CT molecular complexity index is 1790. The zero-order valence-corrected chi connectivity index (χ0v) is 29.4. The van der Waals surface area contributed by atoms with Gasteiger partial charge in [-0.3, -0.25) is 0 Å². The second-order valence-corrected chi connectivity index (χ2v) is 20.7. The highest BCUT2D eigenvalue weighted by atomic mass is 127. The van der Waals surface area contributed by atoms with E-state index in [1.54, 1.807) is 8.61 Å². The van der Waals surface area contributed by atoms with Crippen molar-refractivity contribution in [2.24, 2.45) is 4.99 Å². The van der Waals surface area contributed by atoms with Crippen LogP contribution in [-0.2, 0) is 32.9 Å². The SMILES string of the molecule is CCc1cc(N2CCN(S(=O)(=O)C3CC3)CC2)cc2c1N=c1c(CC)cc(N3CCN(S(=O)(=O)C4CC4)CC3)cc1=S2I. The third kappa shape index (κ3) is 5.57. The number of nitrogens with zero attached hydrogens (tertiary/aromatic N) is 5. The number of aryl methyl sites for hydroxylation is 2. The first kappa shape index (κ1) is 30.4. The van der Waals surface area contributed by atoms with Crippen molar-refractivity contribution in [2.75, 3.05) is 62.2 Å². The van der Waals surface area contributed by atoms with E-state index in [9.17, 15) is 16.8 Å². The van der Waals surface area contributed by atoms with E-state index < -0.39 is 20.0 Å². The maximum atomic E-state index is 12.8. The average molecular weight is 758 g/mol. The van der Waals surface area contributed by atoms with Gasteiger partial charge >= 0.3 is 0 Å². The van der Waals surface area contributed by atoms with Gasteiger partial charge in [0.25, 0.3) is 0 Å². The van der Waals surface area contributed by atoms with E-state index in [-0.39, 0.29) is 18.2 Å². The summed E-state index contributed by atoms with van der Waals surface area (Å²) in [6.07, 6.45) is 4.97. The van der Waals surface area contributed by atoms with Gasteiger partial charge in [0, 0.05) is 73.1 Å². The van der Waals surface area contributed by atoms with E-state index in [1.165, 1.54) is 20.5 Å². The van der Waals surface area contributed by atoms with Crippen LogP contribution in [-0.4, -0.2) is 88.3 Å². The number of rotatable bonds is 8. The molecule has 9 nitrogen and oxygen atoms in total.